The van der Waals surface area contributed by atoms with Gasteiger partial charge in [0.15, 0.2) is 0 Å². The Bertz CT molecular complexity index is 227. The average Bonchev–Trinajstić information content (AvgIpc) is 2.57. The fourth-order valence-corrected chi connectivity index (χ4v) is 2.73. The quantitative estimate of drug-likeness (QED) is 0.739. The Hall–Kier alpha value is -0.570. The highest BCUT2D eigenvalue weighted by Gasteiger charge is 2.45. The predicted molar refractivity (Wildman–Crippen MR) is 58.6 cm³/mol. The molecule has 3 atom stereocenters. The highest BCUT2D eigenvalue weighted by molar-refractivity contribution is 5.71. The SMILES string of the molecule is CCCC(C(=O)O)C1(O)CCC(CC)C1. The highest BCUT2D eigenvalue weighted by atomic mass is 16.4. The van der Waals surface area contributed by atoms with E-state index >= 15 is 0 Å². The summed E-state index contributed by atoms with van der Waals surface area (Å²) in [6.07, 6.45) is 4.74. The smallest absolute Gasteiger partial charge is 0.309 e. The second-order valence-corrected chi connectivity index (χ2v) is 4.80. The summed E-state index contributed by atoms with van der Waals surface area (Å²) in [5.74, 6) is -0.899. The van der Waals surface area contributed by atoms with Crippen LogP contribution in [-0.2, 0) is 4.79 Å². The third kappa shape index (κ3) is 2.71. The molecule has 0 aromatic rings. The zero-order valence-corrected chi connectivity index (χ0v) is 9.70. The third-order valence-electron chi connectivity index (χ3n) is 3.73. The lowest BCUT2D eigenvalue weighted by atomic mass is 9.82. The van der Waals surface area contributed by atoms with E-state index in [0.29, 0.717) is 25.2 Å². The Labute approximate surface area is 91.5 Å². The molecule has 0 saturated heterocycles. The molecule has 0 aromatic carbocycles. The van der Waals surface area contributed by atoms with E-state index in [0.717, 1.165) is 19.3 Å². The molecule has 1 rings (SSSR count). The zero-order valence-electron chi connectivity index (χ0n) is 9.70. The lowest BCUT2D eigenvalue weighted by Crippen LogP contribution is -2.40. The molecule has 1 saturated carbocycles. The van der Waals surface area contributed by atoms with E-state index in [9.17, 15) is 9.90 Å². The summed E-state index contributed by atoms with van der Waals surface area (Å²) in [4.78, 5) is 11.1. The molecule has 0 aliphatic heterocycles. The number of carboxylic acids is 1. The van der Waals surface area contributed by atoms with Crippen LogP contribution in [-0.4, -0.2) is 21.8 Å². The molecule has 3 heteroatoms. The third-order valence-corrected chi connectivity index (χ3v) is 3.73. The second-order valence-electron chi connectivity index (χ2n) is 4.80. The summed E-state index contributed by atoms with van der Waals surface area (Å²) in [6.45, 7) is 4.07. The summed E-state index contributed by atoms with van der Waals surface area (Å²) in [5, 5.41) is 19.5. The van der Waals surface area contributed by atoms with Crippen LogP contribution < -0.4 is 0 Å². The van der Waals surface area contributed by atoms with Crippen molar-refractivity contribution in [3.8, 4) is 0 Å². The van der Waals surface area contributed by atoms with Gasteiger partial charge in [0, 0.05) is 0 Å². The molecule has 0 aromatic heterocycles. The van der Waals surface area contributed by atoms with E-state index in [1.54, 1.807) is 0 Å². The molecule has 15 heavy (non-hydrogen) atoms. The van der Waals surface area contributed by atoms with Crippen LogP contribution >= 0.6 is 0 Å². The van der Waals surface area contributed by atoms with Crippen LogP contribution in [0, 0.1) is 11.8 Å². The summed E-state index contributed by atoms with van der Waals surface area (Å²) in [5.41, 5.74) is -0.942. The minimum absolute atomic E-state index is 0.508. The summed E-state index contributed by atoms with van der Waals surface area (Å²) >= 11 is 0. The van der Waals surface area contributed by atoms with Gasteiger partial charge in [0.2, 0.25) is 0 Å². The largest absolute Gasteiger partial charge is 0.481 e. The van der Waals surface area contributed by atoms with Gasteiger partial charge in [0.1, 0.15) is 0 Å². The monoisotopic (exact) mass is 214 g/mol. The maximum Gasteiger partial charge on any atom is 0.309 e. The molecule has 0 heterocycles. The Morgan fingerprint density at radius 1 is 1.53 bits per heavy atom. The number of rotatable bonds is 5. The molecule has 0 amide bonds. The van der Waals surface area contributed by atoms with Gasteiger partial charge < -0.3 is 10.2 Å². The summed E-state index contributed by atoms with van der Waals surface area (Å²) < 4.78 is 0. The standard InChI is InChI=1S/C12H22O3/c1-3-5-10(11(13)14)12(15)7-6-9(4-2)8-12/h9-10,15H,3-8H2,1-2H3,(H,13,14). The van der Waals surface area contributed by atoms with Crippen LogP contribution in [0.5, 0.6) is 0 Å². The van der Waals surface area contributed by atoms with Gasteiger partial charge in [-0.05, 0) is 31.6 Å². The van der Waals surface area contributed by atoms with Gasteiger partial charge in [-0.1, -0.05) is 26.7 Å². The minimum atomic E-state index is -0.942. The van der Waals surface area contributed by atoms with E-state index in [4.69, 9.17) is 5.11 Å². The fourth-order valence-electron chi connectivity index (χ4n) is 2.73. The van der Waals surface area contributed by atoms with E-state index in [-0.39, 0.29) is 0 Å². The maximum atomic E-state index is 11.1. The van der Waals surface area contributed by atoms with Crippen molar-refractivity contribution in [1.29, 1.82) is 0 Å². The maximum absolute atomic E-state index is 11.1. The molecule has 0 spiro atoms. The van der Waals surface area contributed by atoms with Gasteiger partial charge in [-0.15, -0.1) is 0 Å². The van der Waals surface area contributed by atoms with E-state index < -0.39 is 17.5 Å². The van der Waals surface area contributed by atoms with Crippen LogP contribution in [0.3, 0.4) is 0 Å². The second kappa shape index (κ2) is 4.97. The van der Waals surface area contributed by atoms with Crippen molar-refractivity contribution in [3.05, 3.63) is 0 Å². The lowest BCUT2D eigenvalue weighted by Gasteiger charge is -2.29. The highest BCUT2D eigenvalue weighted by Crippen LogP contribution is 2.42. The van der Waals surface area contributed by atoms with Crippen molar-refractivity contribution in [2.24, 2.45) is 11.8 Å². The Kier molecular flexibility index (Phi) is 4.14. The fraction of sp³-hybridized carbons (Fsp3) is 0.917. The molecule has 1 fully saturated rings. The molecule has 0 radical (unpaired) electrons. The van der Waals surface area contributed by atoms with Crippen molar-refractivity contribution in [3.63, 3.8) is 0 Å². The topological polar surface area (TPSA) is 57.5 Å². The molecule has 0 bridgehead atoms. The number of hydrogen-bond acceptors (Lipinski definition) is 2. The molecule has 1 aliphatic rings. The minimum Gasteiger partial charge on any atom is -0.481 e. The number of carbonyl (C=O) groups is 1. The van der Waals surface area contributed by atoms with Gasteiger partial charge in [-0.25, -0.2) is 0 Å². The van der Waals surface area contributed by atoms with E-state index in [2.05, 4.69) is 6.92 Å². The molecule has 1 aliphatic carbocycles. The Morgan fingerprint density at radius 3 is 2.60 bits per heavy atom. The van der Waals surface area contributed by atoms with Gasteiger partial charge in [0.05, 0.1) is 11.5 Å². The number of aliphatic hydroxyl groups is 1. The summed E-state index contributed by atoms with van der Waals surface area (Å²) in [7, 11) is 0. The van der Waals surface area contributed by atoms with E-state index in [1.165, 1.54) is 0 Å². The Morgan fingerprint density at radius 2 is 2.20 bits per heavy atom. The first kappa shape index (κ1) is 12.5. The van der Waals surface area contributed by atoms with Crippen molar-refractivity contribution in [1.82, 2.24) is 0 Å². The first-order valence-electron chi connectivity index (χ1n) is 5.98. The first-order valence-corrected chi connectivity index (χ1v) is 5.98. The van der Waals surface area contributed by atoms with Crippen LogP contribution in [0.25, 0.3) is 0 Å². The molecular weight excluding hydrogens is 192 g/mol. The average molecular weight is 214 g/mol. The number of aliphatic carboxylic acids is 1. The molecule has 2 N–H and O–H groups in total. The van der Waals surface area contributed by atoms with Crippen molar-refractivity contribution in [2.75, 3.05) is 0 Å². The van der Waals surface area contributed by atoms with Crippen LogP contribution in [0.1, 0.15) is 52.4 Å². The molecule has 3 unspecified atom stereocenters. The number of carboxylic acid groups (broad SMARTS) is 1. The van der Waals surface area contributed by atoms with Gasteiger partial charge in [-0.2, -0.15) is 0 Å². The molecule has 3 nitrogen and oxygen atoms in total. The molecular formula is C12H22O3. The lowest BCUT2D eigenvalue weighted by molar-refractivity contribution is -0.152. The van der Waals surface area contributed by atoms with Crippen molar-refractivity contribution in [2.45, 2.75) is 58.0 Å². The van der Waals surface area contributed by atoms with Crippen molar-refractivity contribution < 1.29 is 15.0 Å². The molecule has 88 valence electrons. The zero-order chi connectivity index (χ0) is 11.5. The van der Waals surface area contributed by atoms with Gasteiger partial charge >= 0.3 is 5.97 Å². The van der Waals surface area contributed by atoms with Crippen LogP contribution in [0.15, 0.2) is 0 Å². The van der Waals surface area contributed by atoms with E-state index in [1.807, 2.05) is 6.92 Å². The summed E-state index contributed by atoms with van der Waals surface area (Å²) in [6, 6.07) is 0. The van der Waals surface area contributed by atoms with Gasteiger partial charge in [0.25, 0.3) is 0 Å². The number of hydrogen-bond donors (Lipinski definition) is 2. The van der Waals surface area contributed by atoms with Crippen LogP contribution in [0.2, 0.25) is 0 Å². The van der Waals surface area contributed by atoms with Gasteiger partial charge in [-0.3, -0.25) is 4.79 Å². The normalized spacial score (nSPS) is 32.9. The van der Waals surface area contributed by atoms with Crippen LogP contribution in [0.4, 0.5) is 0 Å². The first-order chi connectivity index (χ1) is 7.03. The Balaban J connectivity index is 2.70. The predicted octanol–water partition coefficient (Wildman–Crippen LogP) is 2.43. The van der Waals surface area contributed by atoms with Crippen molar-refractivity contribution >= 4 is 5.97 Å².